The van der Waals surface area contributed by atoms with E-state index in [0.717, 1.165) is 25.2 Å². The summed E-state index contributed by atoms with van der Waals surface area (Å²) < 4.78 is 9.86. The Morgan fingerprint density at radius 1 is 1.70 bits per heavy atom. The zero-order valence-corrected chi connectivity index (χ0v) is 5.75. The minimum Gasteiger partial charge on any atom is -0.458 e. The van der Waals surface area contributed by atoms with Crippen molar-refractivity contribution < 1.29 is 9.47 Å². The van der Waals surface area contributed by atoms with E-state index in [0.29, 0.717) is 6.10 Å². The predicted octanol–water partition coefficient (Wildman–Crippen LogP) is 1.59. The van der Waals surface area contributed by atoms with Crippen molar-refractivity contribution in [3.8, 4) is 0 Å². The maximum atomic E-state index is 5.05. The van der Waals surface area contributed by atoms with Crippen LogP contribution in [-0.2, 0) is 9.47 Å². The third-order valence-corrected chi connectivity index (χ3v) is 1.59. The molecule has 2 heteroatoms. The van der Waals surface area contributed by atoms with E-state index in [1.807, 2.05) is 6.08 Å². The predicted molar refractivity (Wildman–Crippen MR) is 37.3 cm³/mol. The van der Waals surface area contributed by atoms with Gasteiger partial charge in [0.15, 0.2) is 5.76 Å². The lowest BCUT2D eigenvalue weighted by atomic mass is 10.2. The second-order valence-corrected chi connectivity index (χ2v) is 2.57. The SMILES string of the molecule is C1=C(/C=C/CCC2CO2)O1. The number of allylic oxidation sites excluding steroid dienone is 2. The smallest absolute Gasteiger partial charge is 0.161 e. The average molecular weight is 138 g/mol. The molecule has 0 saturated carbocycles. The Kier molecular flexibility index (Phi) is 1.47. The van der Waals surface area contributed by atoms with Crippen molar-refractivity contribution in [2.45, 2.75) is 18.9 Å². The molecule has 1 fully saturated rings. The Morgan fingerprint density at radius 2 is 2.50 bits per heavy atom. The van der Waals surface area contributed by atoms with Crippen LogP contribution in [0.1, 0.15) is 12.8 Å². The van der Waals surface area contributed by atoms with Crippen LogP contribution in [0, 0.1) is 0 Å². The monoisotopic (exact) mass is 138 g/mol. The highest BCUT2D eigenvalue weighted by Gasteiger charge is 2.20. The number of ether oxygens (including phenoxy) is 2. The Balaban J connectivity index is 1.57. The Morgan fingerprint density at radius 3 is 3.10 bits per heavy atom. The molecule has 1 atom stereocenters. The van der Waals surface area contributed by atoms with E-state index < -0.39 is 0 Å². The van der Waals surface area contributed by atoms with Gasteiger partial charge in [-0.1, -0.05) is 6.08 Å². The van der Waals surface area contributed by atoms with Gasteiger partial charge < -0.3 is 9.47 Å². The molecule has 2 aliphatic heterocycles. The summed E-state index contributed by atoms with van der Waals surface area (Å²) in [6.07, 6.45) is 8.68. The van der Waals surface area contributed by atoms with Crippen LogP contribution in [0.5, 0.6) is 0 Å². The molecule has 0 aromatic carbocycles. The number of hydrogen-bond acceptors (Lipinski definition) is 2. The molecule has 1 saturated heterocycles. The second kappa shape index (κ2) is 2.46. The summed E-state index contributed by atoms with van der Waals surface area (Å²) in [5.74, 6) is 0.997. The number of epoxide rings is 1. The van der Waals surface area contributed by atoms with Crippen molar-refractivity contribution in [1.82, 2.24) is 0 Å². The van der Waals surface area contributed by atoms with Gasteiger partial charge in [-0.05, 0) is 18.9 Å². The van der Waals surface area contributed by atoms with Gasteiger partial charge in [0.2, 0.25) is 0 Å². The van der Waals surface area contributed by atoms with Gasteiger partial charge in [-0.25, -0.2) is 0 Å². The molecule has 1 unspecified atom stereocenters. The molecule has 0 aliphatic carbocycles. The average Bonchev–Trinajstić information content (AvgIpc) is 2.77. The quantitative estimate of drug-likeness (QED) is 0.551. The van der Waals surface area contributed by atoms with Crippen LogP contribution >= 0.6 is 0 Å². The molecule has 0 aromatic rings. The number of hydrogen-bond donors (Lipinski definition) is 0. The lowest BCUT2D eigenvalue weighted by molar-refractivity contribution is 0.398. The van der Waals surface area contributed by atoms with Crippen molar-refractivity contribution >= 4 is 0 Å². The van der Waals surface area contributed by atoms with E-state index in [-0.39, 0.29) is 0 Å². The van der Waals surface area contributed by atoms with E-state index >= 15 is 0 Å². The van der Waals surface area contributed by atoms with Crippen LogP contribution in [0.3, 0.4) is 0 Å². The Hall–Kier alpha value is -0.760. The van der Waals surface area contributed by atoms with Crippen LogP contribution in [-0.4, -0.2) is 12.7 Å². The molecule has 0 bridgehead atoms. The van der Waals surface area contributed by atoms with Gasteiger partial charge in [0.05, 0.1) is 12.7 Å². The number of rotatable bonds is 4. The molecule has 2 heterocycles. The van der Waals surface area contributed by atoms with E-state index in [1.165, 1.54) is 0 Å². The summed E-state index contributed by atoms with van der Waals surface area (Å²) in [5, 5.41) is 0. The van der Waals surface area contributed by atoms with Gasteiger partial charge in [-0.2, -0.15) is 0 Å². The first-order valence-corrected chi connectivity index (χ1v) is 3.60. The molecule has 0 radical (unpaired) electrons. The highest BCUT2D eigenvalue weighted by Crippen LogP contribution is 2.18. The molecular formula is C8H10O2. The van der Waals surface area contributed by atoms with Crippen molar-refractivity contribution in [2.75, 3.05) is 6.61 Å². The maximum absolute atomic E-state index is 5.05. The third-order valence-electron chi connectivity index (χ3n) is 1.59. The van der Waals surface area contributed by atoms with Crippen molar-refractivity contribution in [1.29, 1.82) is 0 Å². The second-order valence-electron chi connectivity index (χ2n) is 2.57. The standard InChI is InChI=1S/C8H10O2/c1(3-7-5-9-7)2-4-8-6-10-8/h1,3,5,8H,2,4,6H2/b3-1+. The van der Waals surface area contributed by atoms with E-state index in [2.05, 4.69) is 6.08 Å². The fourth-order valence-electron chi connectivity index (χ4n) is 0.829. The van der Waals surface area contributed by atoms with Crippen molar-refractivity contribution in [3.63, 3.8) is 0 Å². The van der Waals surface area contributed by atoms with E-state index in [4.69, 9.17) is 9.47 Å². The van der Waals surface area contributed by atoms with Crippen LogP contribution in [0.4, 0.5) is 0 Å². The minimum atomic E-state index is 0.554. The molecule has 2 rings (SSSR count). The molecular weight excluding hydrogens is 128 g/mol. The van der Waals surface area contributed by atoms with E-state index in [1.54, 1.807) is 6.26 Å². The molecule has 54 valence electrons. The zero-order valence-electron chi connectivity index (χ0n) is 5.75. The minimum absolute atomic E-state index is 0.554. The van der Waals surface area contributed by atoms with Crippen molar-refractivity contribution in [2.24, 2.45) is 0 Å². The van der Waals surface area contributed by atoms with Gasteiger partial charge in [0.1, 0.15) is 6.26 Å². The lowest BCUT2D eigenvalue weighted by Gasteiger charge is -1.84. The molecule has 0 aromatic heterocycles. The summed E-state index contributed by atoms with van der Waals surface area (Å²) in [4.78, 5) is 0. The summed E-state index contributed by atoms with van der Waals surface area (Å²) in [7, 11) is 0. The van der Waals surface area contributed by atoms with Crippen molar-refractivity contribution in [3.05, 3.63) is 24.2 Å². The Labute approximate surface area is 60.1 Å². The molecule has 2 nitrogen and oxygen atoms in total. The van der Waals surface area contributed by atoms with Gasteiger partial charge in [0, 0.05) is 0 Å². The molecule has 0 spiro atoms. The highest BCUT2D eigenvalue weighted by molar-refractivity contribution is 5.19. The first-order valence-electron chi connectivity index (χ1n) is 3.60. The third kappa shape index (κ3) is 1.88. The largest absolute Gasteiger partial charge is 0.458 e. The van der Waals surface area contributed by atoms with Crippen LogP contribution in [0.25, 0.3) is 0 Å². The summed E-state index contributed by atoms with van der Waals surface area (Å²) in [6.45, 7) is 0.965. The normalized spacial score (nSPS) is 28.0. The van der Waals surface area contributed by atoms with Gasteiger partial charge >= 0.3 is 0 Å². The summed E-state index contributed by atoms with van der Waals surface area (Å²) >= 11 is 0. The molecule has 2 aliphatic rings. The summed E-state index contributed by atoms with van der Waals surface area (Å²) in [6, 6.07) is 0. The molecule has 10 heavy (non-hydrogen) atoms. The van der Waals surface area contributed by atoms with E-state index in [9.17, 15) is 0 Å². The summed E-state index contributed by atoms with van der Waals surface area (Å²) in [5.41, 5.74) is 0. The van der Waals surface area contributed by atoms with Gasteiger partial charge in [-0.15, -0.1) is 0 Å². The first-order chi connectivity index (χ1) is 4.95. The molecule has 0 amide bonds. The topological polar surface area (TPSA) is 25.1 Å². The van der Waals surface area contributed by atoms with Crippen LogP contribution in [0.2, 0.25) is 0 Å². The fraction of sp³-hybridized carbons (Fsp3) is 0.500. The van der Waals surface area contributed by atoms with Gasteiger partial charge in [0.25, 0.3) is 0 Å². The first kappa shape index (κ1) is 5.98. The lowest BCUT2D eigenvalue weighted by Crippen LogP contribution is -1.80. The molecule has 0 N–H and O–H groups in total. The Bertz CT molecular complexity index is 178. The van der Waals surface area contributed by atoms with Gasteiger partial charge in [-0.3, -0.25) is 0 Å². The maximum Gasteiger partial charge on any atom is 0.161 e. The van der Waals surface area contributed by atoms with Crippen LogP contribution < -0.4 is 0 Å². The fourth-order valence-corrected chi connectivity index (χ4v) is 0.829. The highest BCUT2D eigenvalue weighted by atomic mass is 16.6. The zero-order chi connectivity index (χ0) is 6.81. The van der Waals surface area contributed by atoms with Crippen LogP contribution in [0.15, 0.2) is 24.2 Å².